The van der Waals surface area contributed by atoms with E-state index in [4.69, 9.17) is 32.9 Å². The van der Waals surface area contributed by atoms with Crippen molar-refractivity contribution in [1.82, 2.24) is 15.4 Å². The predicted molar refractivity (Wildman–Crippen MR) is 120 cm³/mol. The van der Waals surface area contributed by atoms with Crippen LogP contribution in [-0.4, -0.2) is 59.1 Å². The molecule has 16 heteroatoms. The number of aromatic nitrogens is 1. The van der Waals surface area contributed by atoms with Gasteiger partial charge >= 0.3 is 12.4 Å². The molecule has 1 fully saturated rings. The van der Waals surface area contributed by atoms with Crippen LogP contribution < -0.4 is 5.32 Å². The molecule has 3 heterocycles. The summed E-state index contributed by atoms with van der Waals surface area (Å²) < 4.78 is 80.2. The van der Waals surface area contributed by atoms with Gasteiger partial charge in [0.2, 0.25) is 0 Å². The van der Waals surface area contributed by atoms with Gasteiger partial charge in [0.15, 0.2) is 0 Å². The molecule has 2 aliphatic rings. The number of aryl methyl sites for hydroxylation is 1. The molecule has 4 rings (SSSR count). The fraction of sp³-hybridized carbons (Fsp3) is 0.364. The summed E-state index contributed by atoms with van der Waals surface area (Å²) >= 11 is 11.8. The van der Waals surface area contributed by atoms with Crippen molar-refractivity contribution in [2.45, 2.75) is 37.3 Å². The Morgan fingerprint density at radius 2 is 1.82 bits per heavy atom. The molecular formula is C22H16Cl2F6N4O4. The van der Waals surface area contributed by atoms with Gasteiger partial charge in [-0.2, -0.15) is 26.3 Å². The largest absolute Gasteiger partial charge is 0.435 e. The zero-order valence-electron chi connectivity index (χ0n) is 19.1. The van der Waals surface area contributed by atoms with Crippen LogP contribution in [0.4, 0.5) is 26.3 Å². The van der Waals surface area contributed by atoms with Crippen LogP contribution in [0.3, 0.4) is 0 Å². The van der Waals surface area contributed by atoms with Crippen molar-refractivity contribution in [2.75, 3.05) is 13.2 Å². The molecule has 38 heavy (non-hydrogen) atoms. The zero-order valence-corrected chi connectivity index (χ0v) is 20.6. The Bertz CT molecular complexity index is 1300. The molecule has 0 saturated carbocycles. The monoisotopic (exact) mass is 584 g/mol. The third-order valence-corrected chi connectivity index (χ3v) is 6.17. The summed E-state index contributed by atoms with van der Waals surface area (Å²) in [5.74, 6) is -1.93. The molecule has 1 N–H and O–H groups in total. The number of halogens is 8. The van der Waals surface area contributed by atoms with Crippen molar-refractivity contribution in [3.63, 3.8) is 0 Å². The molecule has 1 saturated heterocycles. The van der Waals surface area contributed by atoms with Gasteiger partial charge in [-0.25, -0.2) is 5.06 Å². The first-order valence-corrected chi connectivity index (χ1v) is 11.4. The molecule has 0 aliphatic carbocycles. The van der Waals surface area contributed by atoms with Crippen LogP contribution in [0.15, 0.2) is 35.6 Å². The second-order valence-corrected chi connectivity index (χ2v) is 9.36. The normalized spacial score (nSPS) is 21.9. The Morgan fingerprint density at radius 3 is 2.39 bits per heavy atom. The summed E-state index contributed by atoms with van der Waals surface area (Å²) in [7, 11) is 0. The molecule has 2 unspecified atom stereocenters. The maximum atomic E-state index is 14.2. The fourth-order valence-corrected chi connectivity index (χ4v) is 4.40. The molecule has 1 aromatic carbocycles. The smallest absolute Gasteiger partial charge is 0.374 e. The number of nitrogens with zero attached hydrogens (tertiary/aromatic N) is 3. The molecule has 2 aliphatic heterocycles. The average Bonchev–Trinajstić information content (AvgIpc) is 3.38. The molecule has 0 spiro atoms. The maximum absolute atomic E-state index is 14.2. The molecule has 2 amide bonds. The van der Waals surface area contributed by atoms with Crippen molar-refractivity contribution in [3.05, 3.63) is 62.9 Å². The van der Waals surface area contributed by atoms with E-state index in [-0.39, 0.29) is 43.2 Å². The molecule has 0 radical (unpaired) electrons. The van der Waals surface area contributed by atoms with E-state index in [9.17, 15) is 35.9 Å². The highest BCUT2D eigenvalue weighted by Gasteiger charge is 2.62. The average molecular weight is 585 g/mol. The standard InChI is InChI=1S/C22H16Cl2F6N4O4/c1-10-2-15(16-6-20(38-33-16,22(28,29)30)11-3-12(23)5-13(24)4-11)31-7-14(10)18(35)32-17-8-37-34(19(17)36)9-21(25,26)27/h2-5,7,17H,6,8-9H2,1H3,(H,32,35). The highest BCUT2D eigenvalue weighted by Crippen LogP contribution is 2.49. The van der Waals surface area contributed by atoms with Crippen LogP contribution in [0.25, 0.3) is 0 Å². The number of hydroxylamine groups is 2. The molecule has 204 valence electrons. The summed E-state index contributed by atoms with van der Waals surface area (Å²) in [6.45, 7) is -0.696. The number of benzene rings is 1. The van der Waals surface area contributed by atoms with Gasteiger partial charge in [0, 0.05) is 21.8 Å². The zero-order chi connectivity index (χ0) is 28.0. The minimum absolute atomic E-state index is 0.0186. The van der Waals surface area contributed by atoms with Crippen molar-refractivity contribution < 1.29 is 45.6 Å². The lowest BCUT2D eigenvalue weighted by Gasteiger charge is -2.29. The number of hydrogen-bond donors (Lipinski definition) is 1. The minimum atomic E-state index is -4.92. The molecule has 8 nitrogen and oxygen atoms in total. The summed E-state index contributed by atoms with van der Waals surface area (Å²) in [6.07, 6.45) is -9.34. The van der Waals surface area contributed by atoms with Crippen LogP contribution in [0, 0.1) is 6.92 Å². The third-order valence-electron chi connectivity index (χ3n) is 5.74. The van der Waals surface area contributed by atoms with Crippen LogP contribution in [0.2, 0.25) is 10.0 Å². The lowest BCUT2D eigenvalue weighted by atomic mass is 9.87. The quantitative estimate of drug-likeness (QED) is 0.514. The Balaban J connectivity index is 1.51. The molecular weight excluding hydrogens is 569 g/mol. The van der Waals surface area contributed by atoms with Gasteiger partial charge in [0.1, 0.15) is 24.9 Å². The van der Waals surface area contributed by atoms with E-state index >= 15 is 0 Å². The van der Waals surface area contributed by atoms with Crippen LogP contribution in [0.5, 0.6) is 0 Å². The number of carbonyl (C=O) groups excluding carboxylic acids is 2. The molecule has 1 aromatic heterocycles. The summed E-state index contributed by atoms with van der Waals surface area (Å²) in [4.78, 5) is 38.4. The number of amides is 2. The van der Waals surface area contributed by atoms with E-state index in [1.807, 2.05) is 0 Å². The Labute approximate surface area is 220 Å². The molecule has 2 atom stereocenters. The first kappa shape index (κ1) is 27.9. The number of pyridine rings is 1. The van der Waals surface area contributed by atoms with Crippen molar-refractivity contribution in [2.24, 2.45) is 5.16 Å². The first-order chi connectivity index (χ1) is 17.6. The lowest BCUT2D eigenvalue weighted by molar-refractivity contribution is -0.275. The third kappa shape index (κ3) is 5.52. The molecule has 2 aromatic rings. The summed E-state index contributed by atoms with van der Waals surface area (Å²) in [5, 5.41) is 5.90. The van der Waals surface area contributed by atoms with Gasteiger partial charge in [-0.1, -0.05) is 28.4 Å². The number of alkyl halides is 6. The number of oxime groups is 1. The van der Waals surface area contributed by atoms with E-state index in [2.05, 4.69) is 15.5 Å². The van der Waals surface area contributed by atoms with E-state index < -0.39 is 55.4 Å². The van der Waals surface area contributed by atoms with E-state index in [1.165, 1.54) is 19.1 Å². The predicted octanol–water partition coefficient (Wildman–Crippen LogP) is 4.71. The van der Waals surface area contributed by atoms with Crippen molar-refractivity contribution in [1.29, 1.82) is 0 Å². The van der Waals surface area contributed by atoms with Crippen LogP contribution in [-0.2, 0) is 20.1 Å². The van der Waals surface area contributed by atoms with E-state index in [0.29, 0.717) is 0 Å². The van der Waals surface area contributed by atoms with E-state index in [1.54, 1.807) is 0 Å². The van der Waals surface area contributed by atoms with Crippen molar-refractivity contribution in [3.8, 4) is 0 Å². The van der Waals surface area contributed by atoms with Gasteiger partial charge in [-0.3, -0.25) is 19.4 Å². The van der Waals surface area contributed by atoms with Gasteiger partial charge in [0.25, 0.3) is 17.4 Å². The van der Waals surface area contributed by atoms with E-state index in [0.717, 1.165) is 18.3 Å². The minimum Gasteiger partial charge on any atom is -0.374 e. The second kappa shape index (κ2) is 9.89. The Hall–Kier alpha value is -3.10. The summed E-state index contributed by atoms with van der Waals surface area (Å²) in [5.41, 5.74) is -3.27. The van der Waals surface area contributed by atoms with Gasteiger partial charge in [-0.05, 0) is 36.8 Å². The number of rotatable bonds is 5. The lowest BCUT2D eigenvalue weighted by Crippen LogP contribution is -2.44. The Morgan fingerprint density at radius 1 is 1.16 bits per heavy atom. The highest BCUT2D eigenvalue weighted by molar-refractivity contribution is 6.34. The first-order valence-electron chi connectivity index (χ1n) is 10.7. The summed E-state index contributed by atoms with van der Waals surface area (Å²) in [6, 6.07) is 3.32. The molecule has 0 bridgehead atoms. The van der Waals surface area contributed by atoms with Crippen LogP contribution >= 0.6 is 23.2 Å². The SMILES string of the molecule is Cc1cc(C2=NOC(c3cc(Cl)cc(Cl)c3)(C(F)(F)F)C2)ncc1C(=O)NC1CON(CC(F)(F)F)C1=O. The van der Waals surface area contributed by atoms with Gasteiger partial charge in [0.05, 0.1) is 17.7 Å². The van der Waals surface area contributed by atoms with Gasteiger partial charge in [-0.15, -0.1) is 0 Å². The van der Waals surface area contributed by atoms with Gasteiger partial charge < -0.3 is 10.2 Å². The van der Waals surface area contributed by atoms with Crippen molar-refractivity contribution >= 4 is 40.7 Å². The maximum Gasteiger partial charge on any atom is 0.435 e. The number of nitrogens with one attached hydrogen (secondary N) is 1. The second-order valence-electron chi connectivity index (χ2n) is 8.49. The Kier molecular flexibility index (Phi) is 7.27. The highest BCUT2D eigenvalue weighted by atomic mass is 35.5. The number of hydrogen-bond acceptors (Lipinski definition) is 6. The number of carbonyl (C=O) groups is 2. The fourth-order valence-electron chi connectivity index (χ4n) is 3.88. The van der Waals surface area contributed by atoms with Crippen LogP contribution in [0.1, 0.15) is 33.6 Å². The topological polar surface area (TPSA) is 93.1 Å².